The van der Waals surface area contributed by atoms with E-state index in [1.54, 1.807) is 4.90 Å². The largest absolute Gasteiger partial charge is 0.397 e. The van der Waals surface area contributed by atoms with Crippen LogP contribution in [0.5, 0.6) is 0 Å². The lowest BCUT2D eigenvalue weighted by Gasteiger charge is -2.33. The Hall–Kier alpha value is -1.79. The molecule has 2 aliphatic rings. The molecule has 6 heteroatoms. The fourth-order valence-electron chi connectivity index (χ4n) is 3.02. The molecule has 0 atom stereocenters. The molecule has 3 N–H and O–H groups in total. The topological polar surface area (TPSA) is 79.0 Å². The summed E-state index contributed by atoms with van der Waals surface area (Å²) in [6.45, 7) is 7.06. The minimum absolute atomic E-state index is 0.0384. The number of fused-ring (bicyclic) bond motifs is 1. The van der Waals surface area contributed by atoms with Crippen molar-refractivity contribution in [2.75, 3.05) is 43.5 Å². The van der Waals surface area contributed by atoms with Crippen LogP contribution in [-0.4, -0.2) is 54.4 Å². The first kappa shape index (κ1) is 15.1. The van der Waals surface area contributed by atoms with E-state index >= 15 is 0 Å². The number of hydrogen-bond donors (Lipinski definition) is 2. The average Bonchev–Trinajstić information content (AvgIpc) is 2.84. The summed E-state index contributed by atoms with van der Waals surface area (Å²) in [5.74, 6) is -0.0384. The van der Waals surface area contributed by atoms with Gasteiger partial charge in [-0.25, -0.2) is 0 Å². The number of carbonyl (C=O) groups is 1. The van der Waals surface area contributed by atoms with Crippen molar-refractivity contribution >= 4 is 17.3 Å². The molecule has 0 unspecified atom stereocenters. The minimum atomic E-state index is -0.579. The van der Waals surface area contributed by atoms with E-state index in [0.29, 0.717) is 31.0 Å². The molecular weight excluding hydrogens is 282 g/mol. The van der Waals surface area contributed by atoms with Crippen LogP contribution in [0.1, 0.15) is 29.8 Å². The standard InChI is InChI=1S/C16H23N3O3/c1-16(2,10-20)19-9-11-7-13(17)14(8-12(11)15(19)21)18-3-5-22-6-4-18/h7-8,20H,3-6,9-10,17H2,1-2H3. The molecule has 6 nitrogen and oxygen atoms in total. The minimum Gasteiger partial charge on any atom is -0.397 e. The lowest BCUT2D eigenvalue weighted by atomic mass is 10.1. The Morgan fingerprint density at radius 3 is 2.64 bits per heavy atom. The van der Waals surface area contributed by atoms with Gasteiger partial charge in [0.05, 0.1) is 36.7 Å². The molecule has 0 aliphatic carbocycles. The Labute approximate surface area is 130 Å². The zero-order valence-corrected chi connectivity index (χ0v) is 13.1. The summed E-state index contributed by atoms with van der Waals surface area (Å²) in [7, 11) is 0. The quantitative estimate of drug-likeness (QED) is 0.809. The number of aliphatic hydroxyl groups excluding tert-OH is 1. The number of aliphatic hydroxyl groups is 1. The van der Waals surface area contributed by atoms with Gasteiger partial charge in [0.25, 0.3) is 5.91 Å². The van der Waals surface area contributed by atoms with Crippen LogP contribution >= 0.6 is 0 Å². The molecule has 0 spiro atoms. The molecule has 0 saturated carbocycles. The van der Waals surface area contributed by atoms with E-state index in [9.17, 15) is 9.90 Å². The number of morpholine rings is 1. The van der Waals surface area contributed by atoms with Crippen molar-refractivity contribution in [1.82, 2.24) is 4.90 Å². The van der Waals surface area contributed by atoms with E-state index < -0.39 is 5.54 Å². The van der Waals surface area contributed by atoms with Crippen molar-refractivity contribution in [3.8, 4) is 0 Å². The van der Waals surface area contributed by atoms with Crippen LogP contribution in [0, 0.1) is 0 Å². The van der Waals surface area contributed by atoms with Crippen LogP contribution in [0.4, 0.5) is 11.4 Å². The highest BCUT2D eigenvalue weighted by atomic mass is 16.5. The van der Waals surface area contributed by atoms with Crippen LogP contribution in [0.2, 0.25) is 0 Å². The Morgan fingerprint density at radius 1 is 1.32 bits per heavy atom. The SMILES string of the molecule is CC(C)(CO)N1Cc2cc(N)c(N3CCOCC3)cc2C1=O. The molecule has 120 valence electrons. The van der Waals surface area contributed by atoms with Gasteiger partial charge in [-0.3, -0.25) is 4.79 Å². The molecule has 0 aromatic heterocycles. The predicted octanol–water partition coefficient (Wildman–Crippen LogP) is 0.832. The second kappa shape index (κ2) is 5.44. The summed E-state index contributed by atoms with van der Waals surface area (Å²) >= 11 is 0. The third kappa shape index (κ3) is 2.42. The predicted molar refractivity (Wildman–Crippen MR) is 84.9 cm³/mol. The van der Waals surface area contributed by atoms with E-state index in [4.69, 9.17) is 10.5 Å². The van der Waals surface area contributed by atoms with Crippen LogP contribution in [0.15, 0.2) is 12.1 Å². The molecule has 1 saturated heterocycles. The second-order valence-corrected chi connectivity index (χ2v) is 6.53. The number of nitrogens with zero attached hydrogens (tertiary/aromatic N) is 2. The van der Waals surface area contributed by atoms with Crippen molar-refractivity contribution in [2.24, 2.45) is 0 Å². The van der Waals surface area contributed by atoms with Crippen molar-refractivity contribution in [3.63, 3.8) is 0 Å². The van der Waals surface area contributed by atoms with Crippen LogP contribution in [0.3, 0.4) is 0 Å². The average molecular weight is 305 g/mol. The molecule has 2 heterocycles. The Balaban J connectivity index is 1.94. The molecule has 2 aliphatic heterocycles. The summed E-state index contributed by atoms with van der Waals surface area (Å²) in [5, 5.41) is 9.52. The molecule has 3 rings (SSSR count). The highest BCUT2D eigenvalue weighted by Crippen LogP contribution is 2.35. The third-order valence-electron chi connectivity index (χ3n) is 4.53. The Kier molecular flexibility index (Phi) is 3.74. The van der Waals surface area contributed by atoms with Gasteiger partial charge in [-0.15, -0.1) is 0 Å². The molecule has 0 bridgehead atoms. The lowest BCUT2D eigenvalue weighted by molar-refractivity contribution is 0.0395. The Morgan fingerprint density at radius 2 is 2.00 bits per heavy atom. The van der Waals surface area contributed by atoms with E-state index in [0.717, 1.165) is 24.3 Å². The third-order valence-corrected chi connectivity index (χ3v) is 4.53. The molecule has 1 aromatic rings. The molecule has 1 fully saturated rings. The fraction of sp³-hybridized carbons (Fsp3) is 0.562. The summed E-state index contributed by atoms with van der Waals surface area (Å²) in [5.41, 5.74) is 8.83. The number of nitrogen functional groups attached to an aromatic ring is 1. The van der Waals surface area contributed by atoms with Crippen molar-refractivity contribution in [2.45, 2.75) is 25.9 Å². The number of anilines is 2. The van der Waals surface area contributed by atoms with E-state index in [1.807, 2.05) is 26.0 Å². The first-order chi connectivity index (χ1) is 10.4. The first-order valence-corrected chi connectivity index (χ1v) is 7.62. The number of carbonyl (C=O) groups excluding carboxylic acids is 1. The van der Waals surface area contributed by atoms with Gasteiger partial charge < -0.3 is 25.4 Å². The summed E-state index contributed by atoms with van der Waals surface area (Å²) < 4.78 is 5.37. The second-order valence-electron chi connectivity index (χ2n) is 6.53. The molecule has 1 amide bonds. The lowest BCUT2D eigenvalue weighted by Crippen LogP contribution is -2.46. The highest BCUT2D eigenvalue weighted by molar-refractivity contribution is 6.01. The smallest absolute Gasteiger partial charge is 0.255 e. The number of rotatable bonds is 3. The number of hydrogen-bond acceptors (Lipinski definition) is 5. The fourth-order valence-corrected chi connectivity index (χ4v) is 3.02. The van der Waals surface area contributed by atoms with Crippen LogP contribution in [-0.2, 0) is 11.3 Å². The van der Waals surface area contributed by atoms with Crippen molar-refractivity contribution in [3.05, 3.63) is 23.3 Å². The van der Waals surface area contributed by atoms with Gasteiger partial charge >= 0.3 is 0 Å². The number of benzene rings is 1. The van der Waals surface area contributed by atoms with E-state index in [2.05, 4.69) is 4.90 Å². The van der Waals surface area contributed by atoms with Crippen molar-refractivity contribution in [1.29, 1.82) is 0 Å². The van der Waals surface area contributed by atoms with E-state index in [1.165, 1.54) is 0 Å². The monoisotopic (exact) mass is 305 g/mol. The van der Waals surface area contributed by atoms with Gasteiger partial charge in [0.2, 0.25) is 0 Å². The molecule has 1 aromatic carbocycles. The zero-order chi connectivity index (χ0) is 15.9. The van der Waals surface area contributed by atoms with Gasteiger partial charge in [0.1, 0.15) is 0 Å². The zero-order valence-electron chi connectivity index (χ0n) is 13.1. The summed E-state index contributed by atoms with van der Waals surface area (Å²) in [6, 6.07) is 3.79. The van der Waals surface area contributed by atoms with Gasteiger partial charge in [0, 0.05) is 25.2 Å². The maximum Gasteiger partial charge on any atom is 0.255 e. The molecule has 0 radical (unpaired) electrons. The maximum absolute atomic E-state index is 12.7. The summed E-state index contributed by atoms with van der Waals surface area (Å²) in [6.07, 6.45) is 0. The molecular formula is C16H23N3O3. The first-order valence-electron chi connectivity index (χ1n) is 7.62. The van der Waals surface area contributed by atoms with Gasteiger partial charge in [-0.1, -0.05) is 0 Å². The number of ether oxygens (including phenoxy) is 1. The maximum atomic E-state index is 12.7. The number of amides is 1. The Bertz CT molecular complexity index is 595. The number of nitrogens with two attached hydrogens (primary N) is 1. The van der Waals surface area contributed by atoms with Gasteiger partial charge in [0.15, 0.2) is 0 Å². The van der Waals surface area contributed by atoms with Crippen LogP contribution in [0.25, 0.3) is 0 Å². The van der Waals surface area contributed by atoms with Crippen LogP contribution < -0.4 is 10.6 Å². The summed E-state index contributed by atoms with van der Waals surface area (Å²) in [4.78, 5) is 16.5. The van der Waals surface area contributed by atoms with Crippen molar-refractivity contribution < 1.29 is 14.6 Å². The van der Waals surface area contributed by atoms with Gasteiger partial charge in [-0.05, 0) is 31.5 Å². The molecule has 22 heavy (non-hydrogen) atoms. The highest BCUT2D eigenvalue weighted by Gasteiger charge is 2.38. The van der Waals surface area contributed by atoms with Gasteiger partial charge in [-0.2, -0.15) is 0 Å². The van der Waals surface area contributed by atoms with E-state index in [-0.39, 0.29) is 12.5 Å². The normalized spacial score (nSPS) is 18.8.